The van der Waals surface area contributed by atoms with E-state index in [0.29, 0.717) is 11.4 Å². The monoisotopic (exact) mass is 274 g/mol. The van der Waals surface area contributed by atoms with Crippen molar-refractivity contribution in [3.63, 3.8) is 0 Å². The molecule has 20 heavy (non-hydrogen) atoms. The van der Waals surface area contributed by atoms with Gasteiger partial charge in [0.1, 0.15) is 0 Å². The molecule has 0 fully saturated rings. The highest BCUT2D eigenvalue weighted by Gasteiger charge is 2.24. The van der Waals surface area contributed by atoms with E-state index in [1.54, 1.807) is 24.3 Å². The molecular formula is C12H10N4O4. The molecule has 0 saturated carbocycles. The van der Waals surface area contributed by atoms with Crippen LogP contribution in [0.25, 0.3) is 0 Å². The van der Waals surface area contributed by atoms with Gasteiger partial charge in [-0.25, -0.2) is 0 Å². The summed E-state index contributed by atoms with van der Waals surface area (Å²) in [4.78, 5) is 20.6. The van der Waals surface area contributed by atoms with Gasteiger partial charge in [-0.1, -0.05) is 0 Å². The molecule has 0 heterocycles. The zero-order valence-corrected chi connectivity index (χ0v) is 10.1. The van der Waals surface area contributed by atoms with Gasteiger partial charge in [-0.2, -0.15) is 0 Å². The number of nitrogen functional groups attached to an aromatic ring is 1. The first-order chi connectivity index (χ1) is 9.49. The normalized spacial score (nSPS) is 10.0. The Hall–Kier alpha value is -3.16. The molecule has 2 rings (SSSR count). The number of nitro benzene ring substituents is 2. The average molecular weight is 274 g/mol. The average Bonchev–Trinajstić information content (AvgIpc) is 2.41. The molecule has 0 unspecified atom stereocenters. The Balaban J connectivity index is 2.50. The molecule has 0 amide bonds. The van der Waals surface area contributed by atoms with E-state index in [0.717, 1.165) is 0 Å². The molecule has 0 bridgehead atoms. The SMILES string of the molecule is Nc1ccc(Nc2c([N+](=O)[O-])cccc2[N+](=O)[O-])cc1. The maximum absolute atomic E-state index is 11.0. The molecule has 2 aromatic carbocycles. The number of hydrogen-bond donors (Lipinski definition) is 2. The van der Waals surface area contributed by atoms with Crippen molar-refractivity contribution < 1.29 is 9.85 Å². The zero-order chi connectivity index (χ0) is 14.7. The van der Waals surface area contributed by atoms with Crippen LogP contribution in [0, 0.1) is 20.2 Å². The summed E-state index contributed by atoms with van der Waals surface area (Å²) >= 11 is 0. The molecular weight excluding hydrogens is 264 g/mol. The lowest BCUT2D eigenvalue weighted by atomic mass is 10.2. The number of nitro groups is 2. The van der Waals surface area contributed by atoms with Gasteiger partial charge in [0.05, 0.1) is 9.85 Å². The molecule has 0 atom stereocenters. The first-order valence-corrected chi connectivity index (χ1v) is 5.53. The summed E-state index contributed by atoms with van der Waals surface area (Å²) in [6.07, 6.45) is 0. The maximum atomic E-state index is 11.0. The summed E-state index contributed by atoms with van der Waals surface area (Å²) in [6.45, 7) is 0. The number of nitrogens with two attached hydrogens (primary N) is 1. The van der Waals surface area contributed by atoms with Crippen LogP contribution in [0.3, 0.4) is 0 Å². The predicted molar refractivity (Wildman–Crippen MR) is 73.9 cm³/mol. The lowest BCUT2D eigenvalue weighted by Crippen LogP contribution is -2.01. The molecule has 0 aliphatic carbocycles. The van der Waals surface area contributed by atoms with Gasteiger partial charge in [0.15, 0.2) is 5.69 Å². The van der Waals surface area contributed by atoms with Crippen molar-refractivity contribution in [2.24, 2.45) is 0 Å². The third kappa shape index (κ3) is 2.64. The third-order valence-electron chi connectivity index (χ3n) is 2.59. The van der Waals surface area contributed by atoms with E-state index in [2.05, 4.69) is 5.32 Å². The van der Waals surface area contributed by atoms with Gasteiger partial charge in [-0.3, -0.25) is 20.2 Å². The summed E-state index contributed by atoms with van der Waals surface area (Å²) in [5.41, 5.74) is 5.63. The largest absolute Gasteiger partial charge is 0.399 e. The smallest absolute Gasteiger partial charge is 0.299 e. The number of nitrogens with zero attached hydrogens (tertiary/aromatic N) is 2. The van der Waals surface area contributed by atoms with Crippen molar-refractivity contribution in [3.8, 4) is 0 Å². The minimum Gasteiger partial charge on any atom is -0.399 e. The van der Waals surface area contributed by atoms with Gasteiger partial charge in [-0.05, 0) is 30.3 Å². The van der Waals surface area contributed by atoms with E-state index in [-0.39, 0.29) is 17.1 Å². The first-order valence-electron chi connectivity index (χ1n) is 5.53. The second kappa shape index (κ2) is 5.22. The molecule has 0 aliphatic heterocycles. The van der Waals surface area contributed by atoms with E-state index < -0.39 is 9.85 Å². The fourth-order valence-corrected chi connectivity index (χ4v) is 1.67. The molecule has 3 N–H and O–H groups in total. The summed E-state index contributed by atoms with van der Waals surface area (Å²) in [6, 6.07) is 10.0. The Morgan fingerprint density at radius 2 is 1.40 bits per heavy atom. The lowest BCUT2D eigenvalue weighted by molar-refractivity contribution is -0.392. The molecule has 2 aromatic rings. The highest BCUT2D eigenvalue weighted by Crippen LogP contribution is 2.36. The number of nitrogens with one attached hydrogen (secondary N) is 1. The van der Waals surface area contributed by atoms with E-state index in [1.165, 1.54) is 18.2 Å². The number of hydrogen-bond acceptors (Lipinski definition) is 6. The van der Waals surface area contributed by atoms with Crippen LogP contribution in [0.1, 0.15) is 0 Å². The molecule has 0 saturated heterocycles. The number of benzene rings is 2. The standard InChI is InChI=1S/C12H10N4O4/c13-8-4-6-9(7-5-8)14-12-10(15(17)18)2-1-3-11(12)16(19)20/h1-7,14H,13H2. The predicted octanol–water partition coefficient (Wildman–Crippen LogP) is 2.83. The van der Waals surface area contributed by atoms with E-state index in [4.69, 9.17) is 5.73 Å². The van der Waals surface area contributed by atoms with Crippen molar-refractivity contribution in [2.75, 3.05) is 11.1 Å². The van der Waals surface area contributed by atoms with Gasteiger partial charge < -0.3 is 11.1 Å². The Kier molecular flexibility index (Phi) is 3.47. The zero-order valence-electron chi connectivity index (χ0n) is 10.1. The third-order valence-corrected chi connectivity index (χ3v) is 2.59. The summed E-state index contributed by atoms with van der Waals surface area (Å²) in [5.74, 6) is 0. The van der Waals surface area contributed by atoms with Crippen molar-refractivity contribution in [1.82, 2.24) is 0 Å². The summed E-state index contributed by atoms with van der Waals surface area (Å²) in [5, 5.41) is 24.6. The molecule has 102 valence electrons. The van der Waals surface area contributed by atoms with Crippen LogP contribution in [0.5, 0.6) is 0 Å². The van der Waals surface area contributed by atoms with Crippen LogP contribution in [0.15, 0.2) is 42.5 Å². The second-order valence-electron chi connectivity index (χ2n) is 3.93. The van der Waals surface area contributed by atoms with Crippen LogP contribution in [-0.2, 0) is 0 Å². The fraction of sp³-hybridized carbons (Fsp3) is 0. The Morgan fingerprint density at radius 1 is 0.900 bits per heavy atom. The summed E-state index contributed by atoms with van der Waals surface area (Å²) in [7, 11) is 0. The van der Waals surface area contributed by atoms with Gasteiger partial charge in [0.2, 0.25) is 0 Å². The van der Waals surface area contributed by atoms with Gasteiger partial charge >= 0.3 is 0 Å². The Labute approximate surface area is 113 Å². The quantitative estimate of drug-likeness (QED) is 0.501. The van der Waals surface area contributed by atoms with Crippen molar-refractivity contribution in [3.05, 3.63) is 62.7 Å². The molecule has 8 nitrogen and oxygen atoms in total. The van der Waals surface area contributed by atoms with Crippen molar-refractivity contribution in [1.29, 1.82) is 0 Å². The van der Waals surface area contributed by atoms with Crippen LogP contribution >= 0.6 is 0 Å². The fourth-order valence-electron chi connectivity index (χ4n) is 1.67. The first kappa shape index (κ1) is 13.3. The molecule has 0 aromatic heterocycles. The maximum Gasteiger partial charge on any atom is 0.299 e. The Bertz CT molecular complexity index is 637. The van der Waals surface area contributed by atoms with Gasteiger partial charge in [-0.15, -0.1) is 0 Å². The van der Waals surface area contributed by atoms with Crippen molar-refractivity contribution >= 4 is 28.4 Å². The number of rotatable bonds is 4. The molecule has 8 heteroatoms. The number of para-hydroxylation sites is 1. The minimum absolute atomic E-state index is 0.160. The second-order valence-corrected chi connectivity index (χ2v) is 3.93. The highest BCUT2D eigenvalue weighted by molar-refractivity contribution is 5.79. The lowest BCUT2D eigenvalue weighted by Gasteiger charge is -2.07. The summed E-state index contributed by atoms with van der Waals surface area (Å²) < 4.78 is 0. The number of anilines is 3. The molecule has 0 radical (unpaired) electrons. The van der Waals surface area contributed by atoms with Crippen LogP contribution in [0.4, 0.5) is 28.4 Å². The van der Waals surface area contributed by atoms with Crippen molar-refractivity contribution in [2.45, 2.75) is 0 Å². The highest BCUT2D eigenvalue weighted by atomic mass is 16.6. The van der Waals surface area contributed by atoms with Crippen LogP contribution in [-0.4, -0.2) is 9.85 Å². The van der Waals surface area contributed by atoms with Crippen LogP contribution in [0.2, 0.25) is 0 Å². The van der Waals surface area contributed by atoms with Gasteiger partial charge in [0.25, 0.3) is 11.4 Å². The van der Waals surface area contributed by atoms with E-state index in [9.17, 15) is 20.2 Å². The van der Waals surface area contributed by atoms with Gasteiger partial charge in [0, 0.05) is 23.5 Å². The Morgan fingerprint density at radius 3 is 1.85 bits per heavy atom. The van der Waals surface area contributed by atoms with E-state index in [1.807, 2.05) is 0 Å². The van der Waals surface area contributed by atoms with E-state index >= 15 is 0 Å². The molecule has 0 spiro atoms. The molecule has 0 aliphatic rings. The minimum atomic E-state index is -0.674. The van der Waals surface area contributed by atoms with Crippen LogP contribution < -0.4 is 11.1 Å². The topological polar surface area (TPSA) is 124 Å².